The van der Waals surface area contributed by atoms with Crippen LogP contribution in [0.2, 0.25) is 0 Å². The maximum atomic E-state index is 12.3. The molecule has 0 bridgehead atoms. The molecule has 0 heterocycles. The summed E-state index contributed by atoms with van der Waals surface area (Å²) in [5, 5.41) is 0. The van der Waals surface area contributed by atoms with Gasteiger partial charge in [0.1, 0.15) is 0 Å². The molecule has 0 N–H and O–H groups in total. The van der Waals surface area contributed by atoms with Crippen molar-refractivity contribution >= 4 is 0 Å². The molecule has 2 rings (SSSR count). The van der Waals surface area contributed by atoms with Crippen molar-refractivity contribution in [3.63, 3.8) is 0 Å². The van der Waals surface area contributed by atoms with Crippen LogP contribution < -0.4 is 0 Å². The van der Waals surface area contributed by atoms with E-state index in [1.165, 1.54) is 12.1 Å². The van der Waals surface area contributed by atoms with Crippen LogP contribution in [0.25, 0.3) is 11.1 Å². The minimum atomic E-state index is -4.27. The fourth-order valence-corrected chi connectivity index (χ4v) is 1.43. The van der Waals surface area contributed by atoms with E-state index in [0.29, 0.717) is 0 Å². The summed E-state index contributed by atoms with van der Waals surface area (Å²) in [5.74, 6) is 0. The van der Waals surface area contributed by atoms with Gasteiger partial charge >= 0.3 is 6.18 Å². The Morgan fingerprint density at radius 2 is 1.24 bits per heavy atom. The van der Waals surface area contributed by atoms with Gasteiger partial charge in [0.25, 0.3) is 0 Å². The maximum absolute atomic E-state index is 12.3. The summed E-state index contributed by atoms with van der Waals surface area (Å²) in [6.07, 6.45) is -4.27. The summed E-state index contributed by atoms with van der Waals surface area (Å²) >= 11 is 0. The monoisotopic (exact) mass is 285 g/mol. The second kappa shape index (κ2) is 5.46. The van der Waals surface area contributed by atoms with Crippen molar-refractivity contribution in [1.82, 2.24) is 0 Å². The molecular formula is C13H8F3Zn-. The van der Waals surface area contributed by atoms with Crippen molar-refractivity contribution in [2.24, 2.45) is 0 Å². The van der Waals surface area contributed by atoms with Gasteiger partial charge in [0.15, 0.2) is 0 Å². The Morgan fingerprint density at radius 3 is 1.71 bits per heavy atom. The average molecular weight is 287 g/mol. The van der Waals surface area contributed by atoms with Gasteiger partial charge in [0.05, 0.1) is 5.56 Å². The molecule has 0 saturated heterocycles. The zero-order valence-electron chi connectivity index (χ0n) is 8.96. The average Bonchev–Trinajstić information content (AvgIpc) is 2.29. The summed E-state index contributed by atoms with van der Waals surface area (Å²) in [7, 11) is 0. The van der Waals surface area contributed by atoms with Gasteiger partial charge in [-0.05, 0) is 17.7 Å². The minimum Gasteiger partial charge on any atom is -0.184 e. The number of benzene rings is 2. The molecule has 0 amide bonds. The number of alkyl halides is 3. The fraction of sp³-hybridized carbons (Fsp3) is 0.0769. The molecule has 0 saturated carbocycles. The fourth-order valence-electron chi connectivity index (χ4n) is 1.43. The van der Waals surface area contributed by atoms with Gasteiger partial charge in [-0.3, -0.25) is 0 Å². The van der Waals surface area contributed by atoms with Crippen LogP contribution in [-0.2, 0) is 25.7 Å². The number of halogens is 3. The Labute approximate surface area is 110 Å². The predicted octanol–water partition coefficient (Wildman–Crippen LogP) is 4.17. The number of hydrogen-bond acceptors (Lipinski definition) is 0. The van der Waals surface area contributed by atoms with Gasteiger partial charge in [-0.2, -0.15) is 43.5 Å². The second-order valence-corrected chi connectivity index (χ2v) is 3.36. The van der Waals surface area contributed by atoms with E-state index >= 15 is 0 Å². The van der Waals surface area contributed by atoms with Crippen molar-refractivity contribution in [1.29, 1.82) is 0 Å². The third-order valence-electron chi connectivity index (χ3n) is 2.26. The van der Waals surface area contributed by atoms with Crippen LogP contribution in [0, 0.1) is 6.07 Å². The van der Waals surface area contributed by atoms with Crippen LogP contribution in [0.5, 0.6) is 0 Å². The standard InChI is InChI=1S/C13H8F3.Zn/c14-13(15,16)12-8-6-11(7-9-12)10-4-2-1-3-5-10;/h2-9H;/q-1;. The van der Waals surface area contributed by atoms with Crippen molar-refractivity contribution in [2.45, 2.75) is 6.18 Å². The van der Waals surface area contributed by atoms with E-state index in [1.54, 1.807) is 12.1 Å². The molecule has 0 nitrogen and oxygen atoms in total. The SMILES string of the molecule is FC(F)(F)c1ccc(-c2cc[c-]cc2)cc1.[Zn]. The van der Waals surface area contributed by atoms with Gasteiger partial charge in [0.2, 0.25) is 0 Å². The Morgan fingerprint density at radius 1 is 0.765 bits per heavy atom. The summed E-state index contributed by atoms with van der Waals surface area (Å²) in [4.78, 5) is 0. The molecule has 0 atom stereocenters. The van der Waals surface area contributed by atoms with Crippen LogP contribution in [0.4, 0.5) is 13.2 Å². The molecular weight excluding hydrogens is 279 g/mol. The van der Waals surface area contributed by atoms with Crippen LogP contribution >= 0.6 is 0 Å². The van der Waals surface area contributed by atoms with E-state index < -0.39 is 11.7 Å². The molecule has 0 spiro atoms. The van der Waals surface area contributed by atoms with E-state index in [0.717, 1.165) is 23.3 Å². The third-order valence-corrected chi connectivity index (χ3v) is 2.26. The molecule has 0 radical (unpaired) electrons. The van der Waals surface area contributed by atoms with Crippen LogP contribution in [0.3, 0.4) is 0 Å². The van der Waals surface area contributed by atoms with Gasteiger partial charge in [-0.15, -0.1) is 5.56 Å². The normalized spacial score (nSPS) is 10.8. The molecule has 0 aliphatic carbocycles. The molecule has 4 heteroatoms. The van der Waals surface area contributed by atoms with Crippen molar-refractivity contribution in [3.05, 3.63) is 60.2 Å². The van der Waals surface area contributed by atoms with Crippen LogP contribution in [-0.4, -0.2) is 0 Å². The van der Waals surface area contributed by atoms with Crippen LogP contribution in [0.15, 0.2) is 48.5 Å². The van der Waals surface area contributed by atoms with E-state index in [1.807, 2.05) is 12.1 Å². The topological polar surface area (TPSA) is 0 Å². The molecule has 2 aromatic carbocycles. The molecule has 0 fully saturated rings. The van der Waals surface area contributed by atoms with E-state index in [4.69, 9.17) is 0 Å². The zero-order valence-corrected chi connectivity index (χ0v) is 11.9. The molecule has 0 unspecified atom stereocenters. The maximum Gasteiger partial charge on any atom is 0.416 e. The van der Waals surface area contributed by atoms with Gasteiger partial charge in [-0.1, -0.05) is 12.1 Å². The first kappa shape index (κ1) is 13.9. The summed E-state index contributed by atoms with van der Waals surface area (Å²) in [6.45, 7) is 0. The quantitative estimate of drug-likeness (QED) is 0.545. The van der Waals surface area contributed by atoms with Crippen molar-refractivity contribution < 1.29 is 32.6 Å². The summed E-state index contributed by atoms with van der Waals surface area (Å²) in [6, 6.07) is 15.1. The second-order valence-electron chi connectivity index (χ2n) is 3.36. The van der Waals surface area contributed by atoms with Gasteiger partial charge in [0, 0.05) is 19.5 Å². The Bertz CT molecular complexity index is 460. The molecule has 0 aliphatic rings. The Kier molecular flexibility index (Phi) is 4.47. The molecule has 84 valence electrons. The third kappa shape index (κ3) is 3.40. The minimum absolute atomic E-state index is 0. The number of rotatable bonds is 1. The van der Waals surface area contributed by atoms with Crippen molar-refractivity contribution in [2.75, 3.05) is 0 Å². The molecule has 2 aromatic rings. The first-order chi connectivity index (χ1) is 7.57. The Balaban J connectivity index is 0.00000144. The largest absolute Gasteiger partial charge is 0.416 e. The van der Waals surface area contributed by atoms with Crippen molar-refractivity contribution in [3.8, 4) is 11.1 Å². The first-order valence-corrected chi connectivity index (χ1v) is 4.71. The molecule has 0 aromatic heterocycles. The zero-order chi connectivity index (χ0) is 11.6. The summed E-state index contributed by atoms with van der Waals surface area (Å²) in [5.41, 5.74) is 1.02. The van der Waals surface area contributed by atoms with Gasteiger partial charge in [-0.25, -0.2) is 0 Å². The van der Waals surface area contributed by atoms with E-state index in [2.05, 4.69) is 6.07 Å². The van der Waals surface area contributed by atoms with Crippen LogP contribution in [0.1, 0.15) is 5.56 Å². The predicted molar refractivity (Wildman–Crippen MR) is 55.7 cm³/mol. The van der Waals surface area contributed by atoms with E-state index in [-0.39, 0.29) is 19.5 Å². The molecule has 0 aliphatic heterocycles. The van der Waals surface area contributed by atoms with E-state index in [9.17, 15) is 13.2 Å². The smallest absolute Gasteiger partial charge is 0.184 e. The number of hydrogen-bond donors (Lipinski definition) is 0. The first-order valence-electron chi connectivity index (χ1n) is 4.71. The summed E-state index contributed by atoms with van der Waals surface area (Å²) < 4.78 is 37.0. The van der Waals surface area contributed by atoms with Gasteiger partial charge < -0.3 is 0 Å². The molecule has 17 heavy (non-hydrogen) atoms. The Hall–Kier alpha value is -1.15.